The highest BCUT2D eigenvalue weighted by Crippen LogP contribution is 2.43. The normalized spacial score (nSPS) is 27.3. The van der Waals surface area contributed by atoms with Gasteiger partial charge in [-0.1, -0.05) is 25.9 Å². The Kier molecular flexibility index (Phi) is 5.62. The maximum atomic E-state index is 12.1. The number of nitrogen functional groups attached to an aromatic ring is 1. The summed E-state index contributed by atoms with van der Waals surface area (Å²) >= 11 is 0. The number of aliphatic hydroxyl groups excluding tert-OH is 1. The van der Waals surface area contributed by atoms with Gasteiger partial charge in [0.1, 0.15) is 12.0 Å². The number of ether oxygens (including phenoxy) is 1. The van der Waals surface area contributed by atoms with Crippen molar-refractivity contribution < 1.29 is 19.5 Å². The molecule has 26 heavy (non-hydrogen) atoms. The van der Waals surface area contributed by atoms with E-state index in [9.17, 15) is 9.90 Å². The minimum atomic E-state index is -2.21. The molecule has 10 heteroatoms. The van der Waals surface area contributed by atoms with Crippen LogP contribution >= 0.6 is 0 Å². The Bertz CT molecular complexity index is 730. The number of aliphatic hydroxyl groups is 1. The molecule has 0 radical (unpaired) electrons. The van der Waals surface area contributed by atoms with Crippen molar-refractivity contribution in [2.24, 2.45) is 5.16 Å². The van der Waals surface area contributed by atoms with Crippen LogP contribution in [0.25, 0.3) is 0 Å². The first kappa shape index (κ1) is 20.6. The topological polar surface area (TPSA) is 132 Å². The van der Waals surface area contributed by atoms with Gasteiger partial charge in [-0.3, -0.25) is 4.57 Å². The van der Waals surface area contributed by atoms with Crippen LogP contribution in [0.4, 0.5) is 5.82 Å². The van der Waals surface area contributed by atoms with Crippen molar-refractivity contribution >= 4 is 20.3 Å². The van der Waals surface area contributed by atoms with E-state index in [1.165, 1.54) is 16.8 Å². The summed E-state index contributed by atoms with van der Waals surface area (Å²) in [5, 5.41) is 22.1. The third-order valence-electron chi connectivity index (χ3n) is 5.24. The average molecular weight is 385 g/mol. The van der Waals surface area contributed by atoms with Gasteiger partial charge in [-0.15, -0.1) is 0 Å². The minimum absolute atomic E-state index is 0.0672. The fourth-order valence-electron chi connectivity index (χ4n) is 2.65. The van der Waals surface area contributed by atoms with Gasteiger partial charge in [-0.25, -0.2) is 4.79 Å². The van der Waals surface area contributed by atoms with E-state index in [0.29, 0.717) is 6.42 Å². The molecule has 9 nitrogen and oxygen atoms in total. The van der Waals surface area contributed by atoms with E-state index in [4.69, 9.17) is 20.1 Å². The Morgan fingerprint density at radius 3 is 2.73 bits per heavy atom. The molecule has 1 aromatic heterocycles. The van der Waals surface area contributed by atoms with Gasteiger partial charge >= 0.3 is 5.69 Å². The molecule has 1 aromatic rings. The quantitative estimate of drug-likeness (QED) is 0.302. The standard InChI is InChI=1S/C16H28N4O5Si/c1-15(2,3)26(4,5)25-11-8-13(24-16(11,10-21)9-18-23)20-7-6-12(17)19-14(20)22/h6-7,9,11,13,21,23H,8,10H2,1-5H3,(H2,17,19,22)/t11-,13+,16+/m0/s1. The van der Waals surface area contributed by atoms with Gasteiger partial charge in [0, 0.05) is 12.6 Å². The van der Waals surface area contributed by atoms with Gasteiger partial charge in [-0.2, -0.15) is 4.98 Å². The Morgan fingerprint density at radius 2 is 2.23 bits per heavy atom. The van der Waals surface area contributed by atoms with Crippen molar-refractivity contribution in [2.45, 2.75) is 63.3 Å². The van der Waals surface area contributed by atoms with Crippen LogP contribution in [0.3, 0.4) is 0 Å². The average Bonchev–Trinajstić information content (AvgIpc) is 2.84. The molecule has 1 saturated heterocycles. The number of nitrogens with zero attached hydrogens (tertiary/aromatic N) is 3. The van der Waals surface area contributed by atoms with Gasteiger partial charge in [0.2, 0.25) is 0 Å². The second-order valence-electron chi connectivity index (χ2n) is 8.07. The van der Waals surface area contributed by atoms with Crippen LogP contribution in [-0.2, 0) is 9.16 Å². The number of anilines is 1. The summed E-state index contributed by atoms with van der Waals surface area (Å²) in [5.41, 5.74) is 3.62. The molecule has 0 unspecified atom stereocenters. The highest BCUT2D eigenvalue weighted by Gasteiger charge is 2.53. The van der Waals surface area contributed by atoms with Crippen molar-refractivity contribution in [1.82, 2.24) is 9.55 Å². The Hall–Kier alpha value is -1.75. The molecule has 3 atom stereocenters. The molecule has 2 heterocycles. The largest absolute Gasteiger partial charge is 0.411 e. The summed E-state index contributed by atoms with van der Waals surface area (Å²) in [6.07, 6.45) is 1.60. The van der Waals surface area contributed by atoms with Crippen LogP contribution in [0.5, 0.6) is 0 Å². The molecule has 1 aliphatic heterocycles. The lowest BCUT2D eigenvalue weighted by Crippen LogP contribution is -2.53. The van der Waals surface area contributed by atoms with Gasteiger partial charge < -0.3 is 25.2 Å². The zero-order chi connectivity index (χ0) is 19.8. The van der Waals surface area contributed by atoms with Crippen LogP contribution in [0.1, 0.15) is 33.4 Å². The third kappa shape index (κ3) is 3.82. The van der Waals surface area contributed by atoms with E-state index in [1.54, 1.807) is 0 Å². The summed E-state index contributed by atoms with van der Waals surface area (Å²) in [7, 11) is -2.21. The number of hydrogen-bond donors (Lipinski definition) is 3. The molecule has 0 amide bonds. The predicted octanol–water partition coefficient (Wildman–Crippen LogP) is 1.33. The van der Waals surface area contributed by atoms with Crippen LogP contribution in [-0.4, -0.2) is 52.7 Å². The third-order valence-corrected chi connectivity index (χ3v) is 9.73. The van der Waals surface area contributed by atoms with Crippen molar-refractivity contribution in [3.63, 3.8) is 0 Å². The molecule has 146 valence electrons. The van der Waals surface area contributed by atoms with E-state index < -0.39 is 38.5 Å². The van der Waals surface area contributed by atoms with Gasteiger partial charge in [0.05, 0.1) is 18.9 Å². The lowest BCUT2D eigenvalue weighted by molar-refractivity contribution is -0.0801. The molecule has 0 spiro atoms. The molecule has 0 bridgehead atoms. The van der Waals surface area contributed by atoms with Gasteiger partial charge in [0.15, 0.2) is 13.9 Å². The zero-order valence-corrected chi connectivity index (χ0v) is 16.8. The smallest absolute Gasteiger partial charge is 0.351 e. The van der Waals surface area contributed by atoms with E-state index in [1.807, 2.05) is 0 Å². The fourth-order valence-corrected chi connectivity index (χ4v) is 4.01. The minimum Gasteiger partial charge on any atom is -0.411 e. The zero-order valence-electron chi connectivity index (χ0n) is 15.8. The molecule has 2 rings (SSSR count). The first-order valence-electron chi connectivity index (χ1n) is 8.45. The van der Waals surface area contributed by atoms with Gasteiger partial charge in [0.25, 0.3) is 0 Å². The summed E-state index contributed by atoms with van der Waals surface area (Å²) in [4.78, 5) is 15.9. The maximum Gasteiger partial charge on any atom is 0.351 e. The van der Waals surface area contributed by atoms with Crippen molar-refractivity contribution in [2.75, 3.05) is 12.3 Å². The van der Waals surface area contributed by atoms with E-state index in [-0.39, 0.29) is 10.9 Å². The first-order valence-corrected chi connectivity index (χ1v) is 11.4. The summed E-state index contributed by atoms with van der Waals surface area (Å²) in [6, 6.07) is 1.49. The number of oxime groups is 1. The number of rotatable bonds is 5. The molecule has 0 aliphatic carbocycles. The molecule has 1 aliphatic rings. The molecular weight excluding hydrogens is 356 g/mol. The summed E-state index contributed by atoms with van der Waals surface area (Å²) in [6.45, 7) is 10.00. The van der Waals surface area contributed by atoms with E-state index >= 15 is 0 Å². The molecule has 0 saturated carbocycles. The van der Waals surface area contributed by atoms with Crippen LogP contribution in [0.2, 0.25) is 18.1 Å². The second kappa shape index (κ2) is 7.10. The lowest BCUT2D eigenvalue weighted by Gasteiger charge is -2.41. The fraction of sp³-hybridized carbons (Fsp3) is 0.688. The molecule has 4 N–H and O–H groups in total. The molecular formula is C16H28N4O5Si. The van der Waals surface area contributed by atoms with Crippen LogP contribution < -0.4 is 11.4 Å². The van der Waals surface area contributed by atoms with Crippen molar-refractivity contribution in [3.8, 4) is 0 Å². The Morgan fingerprint density at radius 1 is 1.58 bits per heavy atom. The van der Waals surface area contributed by atoms with Crippen LogP contribution in [0, 0.1) is 0 Å². The van der Waals surface area contributed by atoms with Crippen LogP contribution in [0.15, 0.2) is 22.2 Å². The SMILES string of the molecule is CC(C)(C)[Si](C)(C)O[C@H]1C[C@H](n2ccc(N)nc2=O)O[C@]1(C=NO)CO. The van der Waals surface area contributed by atoms with E-state index in [0.717, 1.165) is 6.21 Å². The highest BCUT2D eigenvalue weighted by atomic mass is 28.4. The maximum absolute atomic E-state index is 12.1. The van der Waals surface area contributed by atoms with E-state index in [2.05, 4.69) is 44.0 Å². The molecule has 0 aromatic carbocycles. The predicted molar refractivity (Wildman–Crippen MR) is 99.8 cm³/mol. The van der Waals surface area contributed by atoms with Crippen molar-refractivity contribution in [3.05, 3.63) is 22.7 Å². The second-order valence-corrected chi connectivity index (χ2v) is 12.8. The first-order chi connectivity index (χ1) is 12.0. The number of aromatic nitrogens is 2. The lowest BCUT2D eigenvalue weighted by atomic mass is 9.99. The molecule has 1 fully saturated rings. The Labute approximate surface area is 153 Å². The highest BCUT2D eigenvalue weighted by molar-refractivity contribution is 6.74. The number of nitrogens with two attached hydrogens (primary N) is 1. The van der Waals surface area contributed by atoms with Gasteiger partial charge in [-0.05, 0) is 24.2 Å². The Balaban J connectivity index is 2.40. The van der Waals surface area contributed by atoms with Crippen molar-refractivity contribution in [1.29, 1.82) is 0 Å². The number of hydrogen-bond acceptors (Lipinski definition) is 8. The monoisotopic (exact) mass is 384 g/mol. The summed E-state index contributed by atoms with van der Waals surface area (Å²) < 4.78 is 13.7. The summed E-state index contributed by atoms with van der Waals surface area (Å²) in [5.74, 6) is 0.115.